The van der Waals surface area contributed by atoms with Crippen LogP contribution in [0.5, 0.6) is 0 Å². The number of hydrogen-bond acceptors (Lipinski definition) is 3. The Bertz CT molecular complexity index is 1100. The quantitative estimate of drug-likeness (QED) is 0.613. The third-order valence-electron chi connectivity index (χ3n) is 5.44. The number of amides is 2. The predicted molar refractivity (Wildman–Crippen MR) is 118 cm³/mol. The van der Waals surface area contributed by atoms with Gasteiger partial charge in [-0.15, -0.1) is 0 Å². The Morgan fingerprint density at radius 2 is 1.67 bits per heavy atom. The lowest BCUT2D eigenvalue weighted by molar-refractivity contribution is -0.133. The van der Waals surface area contributed by atoms with Crippen molar-refractivity contribution in [1.29, 1.82) is 0 Å². The summed E-state index contributed by atoms with van der Waals surface area (Å²) in [5.74, 6) is 0.762. The standard InChI is InChI=1S/C22H22Cl2N4O2/c1-2-19-25-17-8-3-4-9-18(17)28(19)14-20(29)26-10-12-27(13-11-26)22(30)15-6-5-7-16(23)21(15)24/h3-9H,2,10-14H2,1H3. The summed E-state index contributed by atoms with van der Waals surface area (Å²) in [6.07, 6.45) is 0.755. The average molecular weight is 445 g/mol. The highest BCUT2D eigenvalue weighted by atomic mass is 35.5. The molecule has 1 saturated heterocycles. The van der Waals surface area contributed by atoms with Crippen LogP contribution in [0.2, 0.25) is 10.0 Å². The van der Waals surface area contributed by atoms with Gasteiger partial charge in [-0.2, -0.15) is 0 Å². The Balaban J connectivity index is 1.43. The second-order valence-corrected chi connectivity index (χ2v) is 8.02. The molecule has 0 saturated carbocycles. The molecule has 0 radical (unpaired) electrons. The fraction of sp³-hybridized carbons (Fsp3) is 0.318. The summed E-state index contributed by atoms with van der Waals surface area (Å²) >= 11 is 12.2. The van der Waals surface area contributed by atoms with Crippen molar-refractivity contribution in [2.75, 3.05) is 26.2 Å². The number of benzene rings is 2. The van der Waals surface area contributed by atoms with Crippen molar-refractivity contribution < 1.29 is 9.59 Å². The molecule has 6 nitrogen and oxygen atoms in total. The van der Waals surface area contributed by atoms with Crippen LogP contribution in [0, 0.1) is 0 Å². The zero-order chi connectivity index (χ0) is 21.3. The lowest BCUT2D eigenvalue weighted by Gasteiger charge is -2.35. The van der Waals surface area contributed by atoms with Gasteiger partial charge in [0.1, 0.15) is 12.4 Å². The summed E-state index contributed by atoms with van der Waals surface area (Å²) in [6.45, 7) is 4.16. The van der Waals surface area contributed by atoms with E-state index in [0.29, 0.717) is 36.8 Å². The number of hydrogen-bond donors (Lipinski definition) is 0. The van der Waals surface area contributed by atoms with Gasteiger partial charge in [0.05, 0.1) is 26.6 Å². The Hall–Kier alpha value is -2.57. The first kappa shape index (κ1) is 20.7. The normalized spacial score (nSPS) is 14.4. The van der Waals surface area contributed by atoms with E-state index in [1.807, 2.05) is 35.8 Å². The van der Waals surface area contributed by atoms with Gasteiger partial charge in [-0.3, -0.25) is 9.59 Å². The molecule has 3 aromatic rings. The number of para-hydroxylation sites is 2. The second kappa shape index (κ2) is 8.66. The molecule has 8 heteroatoms. The first-order valence-electron chi connectivity index (χ1n) is 9.94. The summed E-state index contributed by atoms with van der Waals surface area (Å²) in [4.78, 5) is 33.9. The van der Waals surface area contributed by atoms with Crippen LogP contribution in [0.15, 0.2) is 42.5 Å². The van der Waals surface area contributed by atoms with Crippen LogP contribution in [0.1, 0.15) is 23.1 Å². The van der Waals surface area contributed by atoms with Crippen molar-refractivity contribution in [3.63, 3.8) is 0 Å². The summed E-state index contributed by atoms with van der Waals surface area (Å²) in [5.41, 5.74) is 2.25. The molecule has 2 amide bonds. The number of imidazole rings is 1. The Kier molecular flexibility index (Phi) is 5.97. The maximum absolute atomic E-state index is 13.0. The number of aryl methyl sites for hydroxylation is 1. The van der Waals surface area contributed by atoms with E-state index in [9.17, 15) is 9.59 Å². The van der Waals surface area contributed by atoms with Gasteiger partial charge < -0.3 is 14.4 Å². The smallest absolute Gasteiger partial charge is 0.255 e. The van der Waals surface area contributed by atoms with E-state index in [1.54, 1.807) is 28.0 Å². The molecule has 0 aliphatic carbocycles. The van der Waals surface area contributed by atoms with Crippen molar-refractivity contribution in [1.82, 2.24) is 19.4 Å². The largest absolute Gasteiger partial charge is 0.338 e. The highest BCUT2D eigenvalue weighted by Gasteiger charge is 2.27. The highest BCUT2D eigenvalue weighted by molar-refractivity contribution is 6.43. The molecule has 0 atom stereocenters. The second-order valence-electron chi connectivity index (χ2n) is 7.23. The number of rotatable bonds is 4. The number of fused-ring (bicyclic) bond motifs is 1. The maximum Gasteiger partial charge on any atom is 0.255 e. The van der Waals surface area contributed by atoms with Crippen molar-refractivity contribution in [2.24, 2.45) is 0 Å². The zero-order valence-electron chi connectivity index (χ0n) is 16.6. The first-order chi connectivity index (χ1) is 14.5. The third kappa shape index (κ3) is 3.89. The van der Waals surface area contributed by atoms with Crippen LogP contribution in [0.4, 0.5) is 0 Å². The number of halogens is 2. The fourth-order valence-electron chi connectivity index (χ4n) is 3.81. The minimum atomic E-state index is -0.163. The zero-order valence-corrected chi connectivity index (χ0v) is 18.2. The first-order valence-corrected chi connectivity index (χ1v) is 10.7. The molecule has 1 aliphatic heterocycles. The molecule has 0 spiro atoms. The van der Waals surface area contributed by atoms with Gasteiger partial charge >= 0.3 is 0 Å². The number of piperazine rings is 1. The lowest BCUT2D eigenvalue weighted by Crippen LogP contribution is -2.51. The molecule has 4 rings (SSSR count). The minimum absolute atomic E-state index is 0.0285. The fourth-order valence-corrected chi connectivity index (χ4v) is 4.19. The van der Waals surface area contributed by atoms with Gasteiger partial charge in [-0.05, 0) is 24.3 Å². The van der Waals surface area contributed by atoms with Crippen molar-refractivity contribution in [2.45, 2.75) is 19.9 Å². The van der Waals surface area contributed by atoms with Crippen LogP contribution in [0.25, 0.3) is 11.0 Å². The van der Waals surface area contributed by atoms with Gasteiger partial charge in [-0.25, -0.2) is 4.98 Å². The molecule has 156 valence electrons. The number of nitrogens with zero attached hydrogens (tertiary/aromatic N) is 4. The van der Waals surface area contributed by atoms with E-state index >= 15 is 0 Å². The highest BCUT2D eigenvalue weighted by Crippen LogP contribution is 2.27. The summed E-state index contributed by atoms with van der Waals surface area (Å²) < 4.78 is 1.99. The van der Waals surface area contributed by atoms with E-state index in [1.165, 1.54) is 0 Å². The van der Waals surface area contributed by atoms with Gasteiger partial charge in [-0.1, -0.05) is 48.3 Å². The molecule has 2 heterocycles. The van der Waals surface area contributed by atoms with Crippen molar-refractivity contribution in [3.05, 3.63) is 63.9 Å². The third-order valence-corrected chi connectivity index (χ3v) is 6.26. The molecule has 1 aromatic heterocycles. The molecule has 0 bridgehead atoms. The van der Waals surface area contributed by atoms with E-state index in [-0.39, 0.29) is 23.4 Å². The monoisotopic (exact) mass is 444 g/mol. The molecule has 2 aromatic carbocycles. The van der Waals surface area contributed by atoms with Crippen molar-refractivity contribution >= 4 is 46.0 Å². The van der Waals surface area contributed by atoms with E-state index in [0.717, 1.165) is 23.3 Å². The average Bonchev–Trinajstić information content (AvgIpc) is 3.13. The minimum Gasteiger partial charge on any atom is -0.338 e. The van der Waals surface area contributed by atoms with Gasteiger partial charge in [0.2, 0.25) is 5.91 Å². The summed E-state index contributed by atoms with van der Waals surface area (Å²) in [7, 11) is 0. The van der Waals surface area contributed by atoms with Gasteiger partial charge in [0, 0.05) is 32.6 Å². The molecule has 1 aliphatic rings. The van der Waals surface area contributed by atoms with E-state index in [4.69, 9.17) is 23.2 Å². The van der Waals surface area contributed by atoms with Gasteiger partial charge in [0.25, 0.3) is 5.91 Å². The van der Waals surface area contributed by atoms with Crippen molar-refractivity contribution in [3.8, 4) is 0 Å². The van der Waals surface area contributed by atoms with Crippen LogP contribution in [-0.4, -0.2) is 57.3 Å². The topological polar surface area (TPSA) is 58.4 Å². The number of carbonyl (C=O) groups is 2. The SMILES string of the molecule is CCc1nc2ccccc2n1CC(=O)N1CCN(C(=O)c2cccc(Cl)c2Cl)CC1. The Labute approximate surface area is 185 Å². The molecular weight excluding hydrogens is 423 g/mol. The van der Waals surface area contributed by atoms with Crippen LogP contribution < -0.4 is 0 Å². The number of carbonyl (C=O) groups excluding carboxylic acids is 2. The summed E-state index contributed by atoms with van der Waals surface area (Å²) in [6, 6.07) is 12.9. The van der Waals surface area contributed by atoms with E-state index < -0.39 is 0 Å². The molecule has 1 fully saturated rings. The van der Waals surface area contributed by atoms with Crippen LogP contribution >= 0.6 is 23.2 Å². The summed E-state index contributed by atoms with van der Waals surface area (Å²) in [5, 5.41) is 0.623. The molecule has 0 unspecified atom stereocenters. The Morgan fingerprint density at radius 3 is 2.40 bits per heavy atom. The van der Waals surface area contributed by atoms with Gasteiger partial charge in [0.15, 0.2) is 0 Å². The van der Waals surface area contributed by atoms with Crippen LogP contribution in [0.3, 0.4) is 0 Å². The molecule has 0 N–H and O–H groups in total. The maximum atomic E-state index is 13.0. The number of aromatic nitrogens is 2. The predicted octanol–water partition coefficient (Wildman–Crippen LogP) is 3.89. The van der Waals surface area contributed by atoms with Crippen LogP contribution in [-0.2, 0) is 17.8 Å². The van der Waals surface area contributed by atoms with E-state index in [2.05, 4.69) is 4.98 Å². The Morgan fingerprint density at radius 1 is 0.967 bits per heavy atom. The lowest BCUT2D eigenvalue weighted by atomic mass is 10.1. The molecular formula is C22H22Cl2N4O2. The molecule has 30 heavy (non-hydrogen) atoms.